The molecule has 1 aliphatic heterocycles. The van der Waals surface area contributed by atoms with Crippen LogP contribution in [0.25, 0.3) is 0 Å². The molecule has 1 heterocycles. The Bertz CT molecular complexity index is 392. The van der Waals surface area contributed by atoms with E-state index in [4.69, 9.17) is 0 Å². The lowest BCUT2D eigenvalue weighted by Gasteiger charge is -2.28. The summed E-state index contributed by atoms with van der Waals surface area (Å²) in [5.74, 6) is -0.328. The van der Waals surface area contributed by atoms with Gasteiger partial charge in [-0.1, -0.05) is 12.2 Å². The molecule has 2 fully saturated rings. The second kappa shape index (κ2) is 9.17. The van der Waals surface area contributed by atoms with E-state index in [9.17, 15) is 13.2 Å². The third-order valence-electron chi connectivity index (χ3n) is 5.26. The summed E-state index contributed by atoms with van der Waals surface area (Å²) in [5, 5.41) is 3.15. The lowest BCUT2D eigenvalue weighted by molar-refractivity contribution is -0.183. The third kappa shape index (κ3) is 6.02. The highest BCUT2D eigenvalue weighted by Gasteiger charge is 2.41. The summed E-state index contributed by atoms with van der Waals surface area (Å²) in [5.41, 5.74) is 6.49. The molecule has 1 saturated heterocycles. The summed E-state index contributed by atoms with van der Waals surface area (Å²) in [7, 11) is 4.07. The van der Waals surface area contributed by atoms with Crippen LogP contribution in [0.5, 0.6) is 0 Å². The van der Waals surface area contributed by atoms with Crippen LogP contribution in [0.4, 0.5) is 13.2 Å². The molecule has 0 bridgehead atoms. The van der Waals surface area contributed by atoms with Crippen LogP contribution in [-0.4, -0.2) is 57.4 Å². The van der Waals surface area contributed by atoms with Gasteiger partial charge in [-0.3, -0.25) is 10.9 Å². The standard InChI is InChI=1S/C17H31F3N4/c1-21-9-10-24(2)12-14-11-22-23-16(14)8-5-13-3-6-15(7-4-13)17(18,19)20/h5,8,13-16,21-23H,3-4,6-7,9-12H2,1-2H3/b8-5+. The van der Waals surface area contributed by atoms with Crippen molar-refractivity contribution < 1.29 is 13.2 Å². The molecule has 1 aliphatic carbocycles. The van der Waals surface area contributed by atoms with E-state index in [0.717, 1.165) is 26.2 Å². The zero-order valence-electron chi connectivity index (χ0n) is 14.7. The van der Waals surface area contributed by atoms with Gasteiger partial charge in [0.1, 0.15) is 0 Å². The van der Waals surface area contributed by atoms with Gasteiger partial charge in [0.25, 0.3) is 0 Å². The van der Waals surface area contributed by atoms with Crippen LogP contribution in [0.3, 0.4) is 0 Å². The highest BCUT2D eigenvalue weighted by molar-refractivity contribution is 5.03. The summed E-state index contributed by atoms with van der Waals surface area (Å²) in [4.78, 5) is 2.31. The predicted octanol–water partition coefficient (Wildman–Crippen LogP) is 2.16. The Morgan fingerprint density at radius 1 is 1.17 bits per heavy atom. The van der Waals surface area contributed by atoms with Crippen molar-refractivity contribution in [2.24, 2.45) is 17.8 Å². The predicted molar refractivity (Wildman–Crippen MR) is 90.5 cm³/mol. The molecular weight excluding hydrogens is 317 g/mol. The molecular formula is C17H31F3N4. The summed E-state index contributed by atoms with van der Waals surface area (Å²) in [6, 6.07) is 0.252. The Morgan fingerprint density at radius 2 is 1.88 bits per heavy atom. The second-order valence-corrected chi connectivity index (χ2v) is 7.22. The van der Waals surface area contributed by atoms with Gasteiger partial charge in [0.05, 0.1) is 5.92 Å². The first-order valence-electron chi connectivity index (χ1n) is 8.96. The van der Waals surface area contributed by atoms with Crippen molar-refractivity contribution >= 4 is 0 Å². The first-order chi connectivity index (χ1) is 11.4. The quantitative estimate of drug-likeness (QED) is 0.617. The maximum absolute atomic E-state index is 12.7. The van der Waals surface area contributed by atoms with Crippen LogP contribution in [0.15, 0.2) is 12.2 Å². The molecule has 0 aromatic carbocycles. The number of rotatable bonds is 7. The smallest absolute Gasteiger partial charge is 0.318 e. The molecule has 3 N–H and O–H groups in total. The SMILES string of the molecule is CNCCN(C)CC1CNNC1/C=C/C1CCC(C(F)(F)F)CC1. The minimum Gasteiger partial charge on any atom is -0.318 e. The van der Waals surface area contributed by atoms with Crippen molar-refractivity contribution in [3.8, 4) is 0 Å². The third-order valence-corrected chi connectivity index (χ3v) is 5.26. The highest BCUT2D eigenvalue weighted by atomic mass is 19.4. The number of nitrogens with zero attached hydrogens (tertiary/aromatic N) is 1. The van der Waals surface area contributed by atoms with Crippen LogP contribution in [0.2, 0.25) is 0 Å². The normalized spacial score (nSPS) is 32.1. The zero-order valence-corrected chi connectivity index (χ0v) is 14.7. The van der Waals surface area contributed by atoms with Gasteiger partial charge in [-0.2, -0.15) is 13.2 Å². The number of hydrazine groups is 1. The van der Waals surface area contributed by atoms with Gasteiger partial charge in [-0.15, -0.1) is 0 Å². The minimum absolute atomic E-state index is 0.252. The number of nitrogens with one attached hydrogen (secondary N) is 3. The number of halogens is 3. The summed E-state index contributed by atoms with van der Waals surface area (Å²) in [6.45, 7) is 3.88. The lowest BCUT2D eigenvalue weighted by Crippen LogP contribution is -2.37. The fourth-order valence-corrected chi connectivity index (χ4v) is 3.65. The molecule has 0 amide bonds. The Labute approximate surface area is 143 Å². The summed E-state index contributed by atoms with van der Waals surface area (Å²) in [6.07, 6.45) is 2.11. The van der Waals surface area contributed by atoms with Gasteiger partial charge in [0, 0.05) is 38.1 Å². The van der Waals surface area contributed by atoms with E-state index >= 15 is 0 Å². The number of allylic oxidation sites excluding steroid dienone is 1. The van der Waals surface area contributed by atoms with Crippen molar-refractivity contribution in [3.05, 3.63) is 12.2 Å². The molecule has 2 atom stereocenters. The van der Waals surface area contributed by atoms with E-state index in [-0.39, 0.29) is 24.8 Å². The number of hydrogen-bond acceptors (Lipinski definition) is 4. The maximum atomic E-state index is 12.7. The Morgan fingerprint density at radius 3 is 2.50 bits per heavy atom. The van der Waals surface area contributed by atoms with Crippen molar-refractivity contribution in [1.29, 1.82) is 0 Å². The fraction of sp³-hybridized carbons (Fsp3) is 0.882. The minimum atomic E-state index is -4.02. The Balaban J connectivity index is 1.77. The molecule has 0 radical (unpaired) electrons. The molecule has 1 saturated carbocycles. The molecule has 140 valence electrons. The van der Waals surface area contributed by atoms with E-state index in [1.165, 1.54) is 0 Å². The fourth-order valence-electron chi connectivity index (χ4n) is 3.65. The molecule has 2 aliphatic rings. The van der Waals surface area contributed by atoms with Gasteiger partial charge in [0.15, 0.2) is 0 Å². The molecule has 2 rings (SSSR count). The zero-order chi connectivity index (χ0) is 17.6. The van der Waals surface area contributed by atoms with Crippen LogP contribution in [0, 0.1) is 17.8 Å². The van der Waals surface area contributed by atoms with Crippen LogP contribution in [0.1, 0.15) is 25.7 Å². The average Bonchev–Trinajstić information content (AvgIpc) is 2.97. The number of hydrogen-bond donors (Lipinski definition) is 3. The summed E-state index contributed by atoms with van der Waals surface area (Å²) < 4.78 is 38.1. The van der Waals surface area contributed by atoms with E-state index in [1.807, 2.05) is 7.05 Å². The largest absolute Gasteiger partial charge is 0.391 e. The second-order valence-electron chi connectivity index (χ2n) is 7.22. The van der Waals surface area contributed by atoms with Gasteiger partial charge < -0.3 is 10.2 Å². The van der Waals surface area contributed by atoms with Crippen LogP contribution in [-0.2, 0) is 0 Å². The van der Waals surface area contributed by atoms with Crippen molar-refractivity contribution in [2.75, 3.05) is 40.3 Å². The summed E-state index contributed by atoms with van der Waals surface area (Å²) >= 11 is 0. The molecule has 2 unspecified atom stereocenters. The molecule has 0 aromatic rings. The molecule has 7 heteroatoms. The highest BCUT2D eigenvalue weighted by Crippen LogP contribution is 2.39. The molecule has 0 aromatic heterocycles. The van der Waals surface area contributed by atoms with E-state index in [1.54, 1.807) is 0 Å². The monoisotopic (exact) mass is 348 g/mol. The van der Waals surface area contributed by atoms with Crippen LogP contribution >= 0.6 is 0 Å². The van der Waals surface area contributed by atoms with Gasteiger partial charge in [-0.25, -0.2) is 0 Å². The van der Waals surface area contributed by atoms with Crippen LogP contribution < -0.4 is 16.2 Å². The van der Waals surface area contributed by atoms with E-state index < -0.39 is 12.1 Å². The molecule has 0 spiro atoms. The van der Waals surface area contributed by atoms with Crippen molar-refractivity contribution in [2.45, 2.75) is 37.9 Å². The average molecular weight is 348 g/mol. The first-order valence-corrected chi connectivity index (χ1v) is 8.96. The van der Waals surface area contributed by atoms with Crippen molar-refractivity contribution in [3.63, 3.8) is 0 Å². The molecule has 24 heavy (non-hydrogen) atoms. The number of likely N-dealkylation sites (N-methyl/N-ethyl adjacent to an activating group) is 2. The topological polar surface area (TPSA) is 39.3 Å². The van der Waals surface area contributed by atoms with E-state index in [2.05, 4.69) is 40.3 Å². The first kappa shape index (κ1) is 19.7. The Kier molecular flexibility index (Phi) is 7.53. The maximum Gasteiger partial charge on any atom is 0.391 e. The van der Waals surface area contributed by atoms with Crippen molar-refractivity contribution in [1.82, 2.24) is 21.1 Å². The van der Waals surface area contributed by atoms with Gasteiger partial charge in [-0.05, 0) is 45.7 Å². The molecule has 4 nitrogen and oxygen atoms in total. The Hall–Kier alpha value is -0.630. The lowest BCUT2D eigenvalue weighted by atomic mass is 9.81. The van der Waals surface area contributed by atoms with Gasteiger partial charge >= 0.3 is 6.18 Å². The van der Waals surface area contributed by atoms with E-state index in [0.29, 0.717) is 18.8 Å². The number of alkyl halides is 3. The van der Waals surface area contributed by atoms with Gasteiger partial charge in [0.2, 0.25) is 0 Å².